The predicted octanol–water partition coefficient (Wildman–Crippen LogP) is 4.31. The van der Waals surface area contributed by atoms with Crippen LogP contribution in [-0.2, 0) is 11.8 Å². The maximum absolute atomic E-state index is 13.9. The van der Waals surface area contributed by atoms with Crippen LogP contribution >= 0.6 is 0 Å². The van der Waals surface area contributed by atoms with Crippen LogP contribution in [0.15, 0.2) is 55.0 Å². The van der Waals surface area contributed by atoms with Gasteiger partial charge in [-0.2, -0.15) is 4.39 Å². The van der Waals surface area contributed by atoms with Gasteiger partial charge in [-0.25, -0.2) is 23.2 Å². The molecule has 0 unspecified atom stereocenters. The lowest BCUT2D eigenvalue weighted by atomic mass is 10.2. The molecular formula is C23H19F3N8O3. The van der Waals surface area contributed by atoms with E-state index in [4.69, 9.17) is 4.74 Å². The highest BCUT2D eigenvalue weighted by Crippen LogP contribution is 2.26. The molecule has 190 valence electrons. The fourth-order valence-corrected chi connectivity index (χ4v) is 3.20. The number of ether oxygens (including phenoxy) is 1. The van der Waals surface area contributed by atoms with Crippen LogP contribution in [0.3, 0.4) is 0 Å². The van der Waals surface area contributed by atoms with Gasteiger partial charge < -0.3 is 10.1 Å². The molecule has 0 fully saturated rings. The Morgan fingerprint density at radius 3 is 2.49 bits per heavy atom. The molecule has 0 aromatic carbocycles. The Morgan fingerprint density at radius 1 is 1.03 bits per heavy atom. The van der Waals surface area contributed by atoms with Gasteiger partial charge in [0.05, 0.1) is 23.1 Å². The van der Waals surface area contributed by atoms with Crippen molar-refractivity contribution in [2.45, 2.75) is 19.5 Å². The van der Waals surface area contributed by atoms with Crippen LogP contribution in [0.5, 0.6) is 0 Å². The summed E-state index contributed by atoms with van der Waals surface area (Å²) in [5.74, 6) is -1.14. The number of nitrogens with one attached hydrogen (secondary N) is 2. The van der Waals surface area contributed by atoms with E-state index in [2.05, 4.69) is 35.9 Å². The van der Waals surface area contributed by atoms with E-state index >= 15 is 0 Å². The van der Waals surface area contributed by atoms with E-state index in [1.165, 1.54) is 61.4 Å². The van der Waals surface area contributed by atoms with E-state index < -0.39 is 36.2 Å². The Balaban J connectivity index is 1.43. The number of carbonyl (C=O) groups excluding carboxylic acids is 2. The number of nitrogens with zero attached hydrogens (tertiary/aromatic N) is 6. The van der Waals surface area contributed by atoms with Gasteiger partial charge >= 0.3 is 6.09 Å². The largest absolute Gasteiger partial charge is 0.441 e. The fourth-order valence-electron chi connectivity index (χ4n) is 3.20. The molecule has 0 saturated carbocycles. The number of halogens is 3. The van der Waals surface area contributed by atoms with Gasteiger partial charge in [-0.3, -0.25) is 20.1 Å². The van der Waals surface area contributed by atoms with E-state index in [0.717, 1.165) is 12.3 Å². The molecule has 37 heavy (non-hydrogen) atoms. The topological polar surface area (TPSA) is 137 Å². The molecule has 0 bridgehead atoms. The summed E-state index contributed by atoms with van der Waals surface area (Å²) < 4.78 is 45.7. The summed E-state index contributed by atoms with van der Waals surface area (Å²) in [6.45, 7) is 1.50. The quantitative estimate of drug-likeness (QED) is 0.350. The van der Waals surface area contributed by atoms with Crippen molar-refractivity contribution >= 4 is 23.5 Å². The zero-order valence-electron chi connectivity index (χ0n) is 19.4. The normalized spacial score (nSPS) is 11.7. The number of aromatic nitrogens is 6. The first-order chi connectivity index (χ1) is 17.7. The molecule has 0 aliphatic rings. The monoisotopic (exact) mass is 512 g/mol. The Hall–Kier alpha value is -4.88. The highest BCUT2D eigenvalue weighted by atomic mass is 19.3. The number of alkyl halides is 2. The van der Waals surface area contributed by atoms with Gasteiger partial charge in [0, 0.05) is 25.0 Å². The van der Waals surface area contributed by atoms with Gasteiger partial charge in [-0.1, -0.05) is 5.21 Å². The number of aryl methyl sites for hydroxylation is 1. The third-order valence-electron chi connectivity index (χ3n) is 5.09. The van der Waals surface area contributed by atoms with Crippen LogP contribution in [0.25, 0.3) is 11.4 Å². The van der Waals surface area contributed by atoms with Crippen molar-refractivity contribution in [3.8, 4) is 11.4 Å². The molecular weight excluding hydrogens is 493 g/mol. The third kappa shape index (κ3) is 5.86. The van der Waals surface area contributed by atoms with Crippen molar-refractivity contribution in [3.05, 3.63) is 77.8 Å². The molecule has 0 aliphatic carbocycles. The number of hydrogen-bond acceptors (Lipinski definition) is 8. The van der Waals surface area contributed by atoms with Crippen LogP contribution in [0.1, 0.15) is 41.1 Å². The highest BCUT2D eigenvalue weighted by molar-refractivity contribution is 6.04. The van der Waals surface area contributed by atoms with Crippen molar-refractivity contribution in [1.82, 2.24) is 29.9 Å². The minimum absolute atomic E-state index is 0.0906. The Morgan fingerprint density at radius 2 is 1.84 bits per heavy atom. The summed E-state index contributed by atoms with van der Waals surface area (Å²) in [5.41, 5.74) is 0.615. The molecule has 0 saturated heterocycles. The smallest absolute Gasteiger partial charge is 0.413 e. The summed E-state index contributed by atoms with van der Waals surface area (Å²) in [6.07, 6.45) is -0.841. The zero-order valence-corrected chi connectivity index (χ0v) is 19.4. The van der Waals surface area contributed by atoms with Crippen LogP contribution < -0.4 is 10.6 Å². The first-order valence-corrected chi connectivity index (χ1v) is 10.7. The van der Waals surface area contributed by atoms with Crippen molar-refractivity contribution in [1.29, 1.82) is 0 Å². The standard InChI is InChI=1S/C23H19F3N8O3/c1-12(15-4-3-9-27-20(15)26)37-23(36)31-21-18(32-33-34(21)2)16-8-6-14(11-29-16)30-22(35)13-5-7-17(19(24)25)28-10-13/h3-12,19H,1-2H3,(H,30,35)(H,31,36)/t12-/m1/s1. The van der Waals surface area contributed by atoms with Crippen molar-refractivity contribution in [2.75, 3.05) is 10.6 Å². The number of carbonyl (C=O) groups is 2. The molecule has 0 radical (unpaired) electrons. The maximum atomic E-state index is 13.9. The number of amides is 2. The van der Waals surface area contributed by atoms with Gasteiger partial charge in [-0.05, 0) is 43.3 Å². The summed E-state index contributed by atoms with van der Waals surface area (Å²) in [5, 5.41) is 13.0. The lowest BCUT2D eigenvalue weighted by Gasteiger charge is -2.14. The molecule has 4 aromatic heterocycles. The van der Waals surface area contributed by atoms with Gasteiger partial charge in [0.25, 0.3) is 12.3 Å². The summed E-state index contributed by atoms with van der Waals surface area (Å²) >= 11 is 0. The SMILES string of the molecule is C[C@@H](OC(=O)Nc1c(-c2ccc(NC(=O)c3ccc(C(F)F)nc3)cn2)nnn1C)c1cccnc1F. The number of hydrogen-bond donors (Lipinski definition) is 2. The molecule has 4 rings (SSSR count). The minimum atomic E-state index is -2.73. The number of rotatable bonds is 7. The number of pyridine rings is 3. The average molecular weight is 512 g/mol. The molecule has 14 heteroatoms. The molecule has 2 N–H and O–H groups in total. The van der Waals surface area contributed by atoms with Crippen LogP contribution in [0.2, 0.25) is 0 Å². The first kappa shape index (κ1) is 25.2. The molecule has 4 aromatic rings. The molecule has 1 atom stereocenters. The lowest BCUT2D eigenvalue weighted by molar-refractivity contribution is 0.102. The van der Waals surface area contributed by atoms with Gasteiger partial charge in [0.1, 0.15) is 11.8 Å². The fraction of sp³-hybridized carbons (Fsp3) is 0.174. The number of anilines is 2. The minimum Gasteiger partial charge on any atom is -0.441 e. The highest BCUT2D eigenvalue weighted by Gasteiger charge is 2.21. The zero-order chi connectivity index (χ0) is 26.5. The van der Waals surface area contributed by atoms with Gasteiger partial charge in [-0.15, -0.1) is 5.10 Å². The molecule has 0 aliphatic heterocycles. The second-order valence-electron chi connectivity index (χ2n) is 7.62. The Kier molecular flexibility index (Phi) is 7.36. The first-order valence-electron chi connectivity index (χ1n) is 10.7. The second kappa shape index (κ2) is 10.8. The van der Waals surface area contributed by atoms with Gasteiger partial charge in [0.15, 0.2) is 11.5 Å². The van der Waals surface area contributed by atoms with E-state index in [-0.39, 0.29) is 22.6 Å². The molecule has 2 amide bonds. The van der Waals surface area contributed by atoms with Crippen LogP contribution in [-0.4, -0.2) is 41.9 Å². The van der Waals surface area contributed by atoms with Crippen LogP contribution in [0.4, 0.5) is 29.5 Å². The van der Waals surface area contributed by atoms with Crippen molar-refractivity contribution in [2.24, 2.45) is 7.05 Å². The summed E-state index contributed by atoms with van der Waals surface area (Å²) in [4.78, 5) is 36.1. The van der Waals surface area contributed by atoms with E-state index in [0.29, 0.717) is 11.4 Å². The van der Waals surface area contributed by atoms with Crippen LogP contribution in [0, 0.1) is 5.95 Å². The average Bonchev–Trinajstić information content (AvgIpc) is 3.24. The molecule has 4 heterocycles. The van der Waals surface area contributed by atoms with E-state index in [1.807, 2.05) is 0 Å². The summed E-state index contributed by atoms with van der Waals surface area (Å²) in [7, 11) is 1.54. The van der Waals surface area contributed by atoms with Gasteiger partial charge in [0.2, 0.25) is 5.95 Å². The lowest BCUT2D eigenvalue weighted by Crippen LogP contribution is -2.19. The Bertz CT molecular complexity index is 1410. The Labute approximate surface area is 207 Å². The van der Waals surface area contributed by atoms with Crippen molar-refractivity contribution in [3.63, 3.8) is 0 Å². The van der Waals surface area contributed by atoms with Crippen molar-refractivity contribution < 1.29 is 27.5 Å². The third-order valence-corrected chi connectivity index (χ3v) is 5.09. The predicted molar refractivity (Wildman–Crippen MR) is 124 cm³/mol. The summed E-state index contributed by atoms with van der Waals surface area (Å²) in [6, 6.07) is 8.36. The molecule has 0 spiro atoms. The van der Waals surface area contributed by atoms with E-state index in [9.17, 15) is 22.8 Å². The molecule has 11 nitrogen and oxygen atoms in total. The van der Waals surface area contributed by atoms with E-state index in [1.54, 1.807) is 0 Å². The second-order valence-corrected chi connectivity index (χ2v) is 7.62. The maximum Gasteiger partial charge on any atom is 0.413 e.